The van der Waals surface area contributed by atoms with E-state index < -0.39 is 0 Å². The molecule has 1 N–H and O–H groups in total. The second-order valence-electron chi connectivity index (χ2n) is 5.29. The predicted molar refractivity (Wildman–Crippen MR) is 89.5 cm³/mol. The van der Waals surface area contributed by atoms with Gasteiger partial charge in [-0.3, -0.25) is 0 Å². The topological polar surface area (TPSA) is 21.3 Å². The van der Waals surface area contributed by atoms with E-state index in [0.717, 1.165) is 34.1 Å². The molecule has 1 unspecified atom stereocenters. The highest BCUT2D eigenvalue weighted by molar-refractivity contribution is 6.30. The summed E-state index contributed by atoms with van der Waals surface area (Å²) in [6, 6.07) is 12.4. The Morgan fingerprint density at radius 2 is 1.81 bits per heavy atom. The molecular weight excluding hydrogens is 282 g/mol. The number of nitrogens with one attached hydrogen (secondary N) is 1. The zero-order valence-electron chi connectivity index (χ0n) is 13.0. The van der Waals surface area contributed by atoms with Crippen LogP contribution in [0.5, 0.6) is 11.5 Å². The van der Waals surface area contributed by atoms with Gasteiger partial charge in [0, 0.05) is 11.1 Å². The first-order valence-electron chi connectivity index (χ1n) is 7.27. The minimum Gasteiger partial charge on any atom is -0.457 e. The third-order valence-corrected chi connectivity index (χ3v) is 3.88. The van der Waals surface area contributed by atoms with Crippen molar-refractivity contribution in [1.29, 1.82) is 0 Å². The van der Waals surface area contributed by atoms with Gasteiger partial charge in [0.1, 0.15) is 11.5 Å². The van der Waals surface area contributed by atoms with Crippen LogP contribution in [0, 0.1) is 13.8 Å². The maximum Gasteiger partial charge on any atom is 0.133 e. The summed E-state index contributed by atoms with van der Waals surface area (Å²) in [4.78, 5) is 0. The van der Waals surface area contributed by atoms with E-state index in [1.165, 1.54) is 5.56 Å². The Bertz CT molecular complexity index is 597. The van der Waals surface area contributed by atoms with Gasteiger partial charge in [0.25, 0.3) is 0 Å². The molecule has 0 radical (unpaired) electrons. The quantitative estimate of drug-likeness (QED) is 0.796. The number of halogens is 1. The smallest absolute Gasteiger partial charge is 0.133 e. The highest BCUT2D eigenvalue weighted by Gasteiger charge is 2.10. The highest BCUT2D eigenvalue weighted by atomic mass is 35.5. The molecular formula is C18H22ClNO. The Hall–Kier alpha value is -1.51. The molecule has 2 aromatic carbocycles. The molecule has 3 heteroatoms. The van der Waals surface area contributed by atoms with Crippen molar-refractivity contribution in [3.63, 3.8) is 0 Å². The normalized spacial score (nSPS) is 12.2. The van der Waals surface area contributed by atoms with E-state index in [2.05, 4.69) is 24.4 Å². The first-order chi connectivity index (χ1) is 10.0. The van der Waals surface area contributed by atoms with Crippen LogP contribution in [0.3, 0.4) is 0 Å². The lowest BCUT2D eigenvalue weighted by Gasteiger charge is -2.17. The molecule has 0 aliphatic heterocycles. The molecule has 0 heterocycles. The summed E-state index contributed by atoms with van der Waals surface area (Å²) in [6.45, 7) is 6.20. The average molecular weight is 304 g/mol. The van der Waals surface area contributed by atoms with Gasteiger partial charge in [0.15, 0.2) is 0 Å². The molecule has 0 aliphatic carbocycles. The lowest BCUT2D eigenvalue weighted by molar-refractivity contribution is 0.472. The molecule has 0 saturated heterocycles. The molecule has 0 bridgehead atoms. The lowest BCUT2D eigenvalue weighted by Crippen LogP contribution is -2.15. The SMILES string of the molecule is CCC(NC)c1cccc(Oc2c(C)cc(Cl)cc2C)c1. The fraction of sp³-hybridized carbons (Fsp3) is 0.333. The Morgan fingerprint density at radius 1 is 1.14 bits per heavy atom. The number of ether oxygens (including phenoxy) is 1. The van der Waals surface area contributed by atoms with Crippen LogP contribution < -0.4 is 10.1 Å². The van der Waals surface area contributed by atoms with Crippen LogP contribution in [0.15, 0.2) is 36.4 Å². The summed E-state index contributed by atoms with van der Waals surface area (Å²) >= 11 is 6.07. The highest BCUT2D eigenvalue weighted by Crippen LogP contribution is 2.32. The average Bonchev–Trinajstić information content (AvgIpc) is 2.45. The van der Waals surface area contributed by atoms with Crippen molar-refractivity contribution in [3.8, 4) is 11.5 Å². The van der Waals surface area contributed by atoms with E-state index in [9.17, 15) is 0 Å². The van der Waals surface area contributed by atoms with Crippen molar-refractivity contribution in [2.75, 3.05) is 7.05 Å². The van der Waals surface area contributed by atoms with Gasteiger partial charge < -0.3 is 10.1 Å². The molecule has 2 aromatic rings. The Labute approximate surface area is 132 Å². The van der Waals surface area contributed by atoms with Gasteiger partial charge in [-0.25, -0.2) is 0 Å². The van der Waals surface area contributed by atoms with Crippen LogP contribution in [0.1, 0.15) is 36.1 Å². The van der Waals surface area contributed by atoms with Crippen LogP contribution in [-0.2, 0) is 0 Å². The van der Waals surface area contributed by atoms with E-state index in [1.807, 2.05) is 45.2 Å². The van der Waals surface area contributed by atoms with Gasteiger partial charge in [-0.05, 0) is 68.3 Å². The van der Waals surface area contributed by atoms with Crippen molar-refractivity contribution >= 4 is 11.6 Å². The summed E-state index contributed by atoms with van der Waals surface area (Å²) in [5, 5.41) is 4.06. The van der Waals surface area contributed by atoms with Gasteiger partial charge in [-0.1, -0.05) is 30.7 Å². The minimum absolute atomic E-state index is 0.348. The first-order valence-corrected chi connectivity index (χ1v) is 7.64. The van der Waals surface area contributed by atoms with E-state index in [-0.39, 0.29) is 0 Å². The van der Waals surface area contributed by atoms with E-state index in [0.29, 0.717) is 6.04 Å². The van der Waals surface area contributed by atoms with E-state index in [1.54, 1.807) is 0 Å². The fourth-order valence-corrected chi connectivity index (χ4v) is 2.90. The van der Waals surface area contributed by atoms with Gasteiger partial charge >= 0.3 is 0 Å². The van der Waals surface area contributed by atoms with Gasteiger partial charge in [-0.15, -0.1) is 0 Å². The zero-order chi connectivity index (χ0) is 15.4. The van der Waals surface area contributed by atoms with Gasteiger partial charge in [0.05, 0.1) is 0 Å². The largest absolute Gasteiger partial charge is 0.457 e. The molecule has 0 aromatic heterocycles. The van der Waals surface area contributed by atoms with E-state index in [4.69, 9.17) is 16.3 Å². The van der Waals surface area contributed by atoms with Gasteiger partial charge in [0.2, 0.25) is 0 Å². The fourth-order valence-electron chi connectivity index (χ4n) is 2.58. The minimum atomic E-state index is 0.348. The van der Waals surface area contributed by atoms with Crippen LogP contribution >= 0.6 is 11.6 Å². The molecule has 2 rings (SSSR count). The molecule has 0 fully saturated rings. The zero-order valence-corrected chi connectivity index (χ0v) is 13.8. The molecule has 0 saturated carbocycles. The van der Waals surface area contributed by atoms with Crippen molar-refractivity contribution in [2.24, 2.45) is 0 Å². The summed E-state index contributed by atoms with van der Waals surface area (Å²) in [7, 11) is 1.98. The lowest BCUT2D eigenvalue weighted by atomic mass is 10.0. The number of hydrogen-bond acceptors (Lipinski definition) is 2. The number of rotatable bonds is 5. The molecule has 0 spiro atoms. The summed E-state index contributed by atoms with van der Waals surface area (Å²) in [5.41, 5.74) is 3.33. The molecule has 0 aliphatic rings. The number of hydrogen-bond donors (Lipinski definition) is 1. The standard InChI is InChI=1S/C18H22ClNO/c1-5-17(20-4)14-7-6-8-16(11-14)21-18-12(2)9-15(19)10-13(18)3/h6-11,17,20H,5H2,1-4H3. The molecule has 0 amide bonds. The molecule has 21 heavy (non-hydrogen) atoms. The second-order valence-corrected chi connectivity index (χ2v) is 5.73. The van der Waals surface area contributed by atoms with Crippen molar-refractivity contribution in [1.82, 2.24) is 5.32 Å². The predicted octanol–water partition coefficient (Wildman–Crippen LogP) is 5.42. The number of aryl methyl sites for hydroxylation is 2. The monoisotopic (exact) mass is 303 g/mol. The second kappa shape index (κ2) is 6.97. The third-order valence-electron chi connectivity index (χ3n) is 3.66. The molecule has 1 atom stereocenters. The Morgan fingerprint density at radius 3 is 2.38 bits per heavy atom. The molecule has 2 nitrogen and oxygen atoms in total. The third kappa shape index (κ3) is 3.78. The summed E-state index contributed by atoms with van der Waals surface area (Å²) in [6.07, 6.45) is 1.04. The Balaban J connectivity index is 2.30. The van der Waals surface area contributed by atoms with Crippen molar-refractivity contribution in [3.05, 3.63) is 58.1 Å². The summed E-state index contributed by atoms with van der Waals surface area (Å²) in [5.74, 6) is 1.74. The first kappa shape index (κ1) is 15.9. The molecule has 112 valence electrons. The Kier molecular flexibility index (Phi) is 5.27. The van der Waals surface area contributed by atoms with E-state index >= 15 is 0 Å². The van der Waals surface area contributed by atoms with Crippen LogP contribution in [-0.4, -0.2) is 7.05 Å². The van der Waals surface area contributed by atoms with Crippen LogP contribution in [0.4, 0.5) is 0 Å². The van der Waals surface area contributed by atoms with Crippen LogP contribution in [0.25, 0.3) is 0 Å². The number of benzene rings is 2. The van der Waals surface area contributed by atoms with Crippen LogP contribution in [0.2, 0.25) is 5.02 Å². The maximum absolute atomic E-state index is 6.09. The van der Waals surface area contributed by atoms with Gasteiger partial charge in [-0.2, -0.15) is 0 Å². The van der Waals surface area contributed by atoms with Crippen molar-refractivity contribution in [2.45, 2.75) is 33.2 Å². The summed E-state index contributed by atoms with van der Waals surface area (Å²) < 4.78 is 6.09. The maximum atomic E-state index is 6.09. The van der Waals surface area contributed by atoms with Crippen molar-refractivity contribution < 1.29 is 4.74 Å².